The first-order chi connectivity index (χ1) is 3.43. The molecular formula is C4H8O3. The van der Waals surface area contributed by atoms with Crippen LogP contribution in [0, 0.1) is 0 Å². The Balaban J connectivity index is 1.93. The lowest BCUT2D eigenvalue weighted by Crippen LogP contribution is -2.30. The largest absolute Gasteiger partial charge is 0.376 e. The molecule has 7 heavy (non-hydrogen) atoms. The van der Waals surface area contributed by atoms with E-state index in [4.69, 9.17) is 9.99 Å². The van der Waals surface area contributed by atoms with E-state index in [1.165, 1.54) is 0 Å². The Morgan fingerprint density at radius 2 is 2.57 bits per heavy atom. The Morgan fingerprint density at radius 3 is 2.71 bits per heavy atom. The van der Waals surface area contributed by atoms with Crippen LogP contribution in [0.3, 0.4) is 0 Å². The summed E-state index contributed by atoms with van der Waals surface area (Å²) < 4.78 is 4.89. The molecule has 0 amide bonds. The average molecular weight is 104 g/mol. The van der Waals surface area contributed by atoms with Crippen LogP contribution >= 0.6 is 0 Å². The molecule has 1 saturated heterocycles. The topological polar surface area (TPSA) is 38.7 Å². The van der Waals surface area contributed by atoms with Crippen molar-refractivity contribution in [2.24, 2.45) is 0 Å². The summed E-state index contributed by atoms with van der Waals surface area (Å²) >= 11 is 0. The van der Waals surface area contributed by atoms with Gasteiger partial charge in [0.05, 0.1) is 6.10 Å². The first-order valence-electron chi connectivity index (χ1n) is 2.31. The SMILES string of the molecule is OOCC1CCO1. The lowest BCUT2D eigenvalue weighted by molar-refractivity contribution is -0.272. The van der Waals surface area contributed by atoms with Gasteiger partial charge in [-0.25, -0.2) is 4.89 Å². The van der Waals surface area contributed by atoms with Crippen molar-refractivity contribution in [2.45, 2.75) is 12.5 Å². The molecule has 1 atom stereocenters. The second-order valence-corrected chi connectivity index (χ2v) is 1.58. The Morgan fingerprint density at radius 1 is 1.86 bits per heavy atom. The lowest BCUT2D eigenvalue weighted by Gasteiger charge is -2.24. The third-order valence-electron chi connectivity index (χ3n) is 1.05. The van der Waals surface area contributed by atoms with Crippen molar-refractivity contribution in [3.63, 3.8) is 0 Å². The summed E-state index contributed by atoms with van der Waals surface area (Å²) in [5, 5.41) is 7.82. The second kappa shape index (κ2) is 2.26. The molecule has 0 radical (unpaired) electrons. The van der Waals surface area contributed by atoms with Crippen molar-refractivity contribution in [1.82, 2.24) is 0 Å². The molecule has 1 unspecified atom stereocenters. The molecule has 1 aliphatic heterocycles. The third kappa shape index (κ3) is 1.12. The zero-order valence-electron chi connectivity index (χ0n) is 3.96. The number of hydrogen-bond acceptors (Lipinski definition) is 3. The van der Waals surface area contributed by atoms with Crippen LogP contribution in [0.1, 0.15) is 6.42 Å². The zero-order chi connectivity index (χ0) is 5.11. The summed E-state index contributed by atoms with van der Waals surface area (Å²) in [4.78, 5) is 3.82. The molecule has 0 aromatic heterocycles. The lowest BCUT2D eigenvalue weighted by atomic mass is 10.2. The third-order valence-corrected chi connectivity index (χ3v) is 1.05. The molecule has 3 heteroatoms. The van der Waals surface area contributed by atoms with E-state index in [1.807, 2.05) is 0 Å². The van der Waals surface area contributed by atoms with Crippen molar-refractivity contribution in [2.75, 3.05) is 13.2 Å². The van der Waals surface area contributed by atoms with Gasteiger partial charge >= 0.3 is 0 Å². The van der Waals surface area contributed by atoms with Gasteiger partial charge in [0.1, 0.15) is 6.61 Å². The number of rotatable bonds is 2. The molecule has 42 valence electrons. The van der Waals surface area contributed by atoms with E-state index in [0.29, 0.717) is 6.61 Å². The Bertz CT molecular complexity index is 50.9. The fourth-order valence-electron chi connectivity index (χ4n) is 0.499. The molecule has 1 heterocycles. The van der Waals surface area contributed by atoms with Gasteiger partial charge in [-0.05, 0) is 6.42 Å². The highest BCUT2D eigenvalue weighted by Gasteiger charge is 2.17. The normalized spacial score (nSPS) is 29.6. The highest BCUT2D eigenvalue weighted by Crippen LogP contribution is 2.09. The fourth-order valence-corrected chi connectivity index (χ4v) is 0.499. The Labute approximate surface area is 41.8 Å². The van der Waals surface area contributed by atoms with Gasteiger partial charge in [0.25, 0.3) is 0 Å². The van der Waals surface area contributed by atoms with Gasteiger partial charge < -0.3 is 4.74 Å². The molecule has 0 saturated carbocycles. The van der Waals surface area contributed by atoms with Crippen LogP contribution in [0.2, 0.25) is 0 Å². The standard InChI is InChI=1S/C4H8O3/c5-7-3-4-1-2-6-4/h4-5H,1-3H2. The second-order valence-electron chi connectivity index (χ2n) is 1.58. The number of hydrogen-bond donors (Lipinski definition) is 1. The monoisotopic (exact) mass is 104 g/mol. The minimum Gasteiger partial charge on any atom is -0.376 e. The molecule has 1 rings (SSSR count). The van der Waals surface area contributed by atoms with Crippen LogP contribution in [-0.2, 0) is 9.62 Å². The molecule has 0 bridgehead atoms. The maximum Gasteiger partial charge on any atom is 0.108 e. The average Bonchev–Trinajstić information content (AvgIpc) is 1.55. The fraction of sp³-hybridized carbons (Fsp3) is 1.00. The van der Waals surface area contributed by atoms with Gasteiger partial charge in [-0.15, -0.1) is 0 Å². The molecule has 1 N–H and O–H groups in total. The highest BCUT2D eigenvalue weighted by molar-refractivity contribution is 4.63. The first-order valence-corrected chi connectivity index (χ1v) is 2.31. The molecular weight excluding hydrogens is 96.0 g/mol. The van der Waals surface area contributed by atoms with E-state index in [1.54, 1.807) is 0 Å². The van der Waals surface area contributed by atoms with Crippen LogP contribution in [0.25, 0.3) is 0 Å². The summed E-state index contributed by atoms with van der Waals surface area (Å²) in [5.74, 6) is 0. The maximum atomic E-state index is 7.82. The van der Waals surface area contributed by atoms with Crippen LogP contribution in [-0.4, -0.2) is 24.6 Å². The molecule has 1 fully saturated rings. The van der Waals surface area contributed by atoms with Gasteiger partial charge in [-0.3, -0.25) is 5.26 Å². The van der Waals surface area contributed by atoms with E-state index in [9.17, 15) is 0 Å². The minimum atomic E-state index is 0.157. The summed E-state index contributed by atoms with van der Waals surface area (Å²) in [5.41, 5.74) is 0. The molecule has 0 aromatic carbocycles. The quantitative estimate of drug-likeness (QED) is 0.403. The molecule has 0 aliphatic carbocycles. The molecule has 3 nitrogen and oxygen atoms in total. The highest BCUT2D eigenvalue weighted by atomic mass is 17.1. The summed E-state index contributed by atoms with van der Waals surface area (Å²) in [6.45, 7) is 1.13. The van der Waals surface area contributed by atoms with Gasteiger partial charge in [-0.1, -0.05) is 0 Å². The van der Waals surface area contributed by atoms with Crippen molar-refractivity contribution in [3.05, 3.63) is 0 Å². The van der Waals surface area contributed by atoms with Gasteiger partial charge in [0.15, 0.2) is 0 Å². The van der Waals surface area contributed by atoms with Crippen molar-refractivity contribution < 1.29 is 14.9 Å². The van der Waals surface area contributed by atoms with Crippen molar-refractivity contribution in [1.29, 1.82) is 0 Å². The van der Waals surface area contributed by atoms with Gasteiger partial charge in [0.2, 0.25) is 0 Å². The van der Waals surface area contributed by atoms with Crippen LogP contribution < -0.4 is 0 Å². The predicted molar refractivity (Wildman–Crippen MR) is 22.9 cm³/mol. The van der Waals surface area contributed by atoms with E-state index >= 15 is 0 Å². The Hall–Kier alpha value is -0.120. The Kier molecular flexibility index (Phi) is 1.62. The first kappa shape index (κ1) is 5.03. The van der Waals surface area contributed by atoms with E-state index < -0.39 is 0 Å². The van der Waals surface area contributed by atoms with E-state index in [0.717, 1.165) is 13.0 Å². The summed E-state index contributed by atoms with van der Waals surface area (Å²) in [6.07, 6.45) is 1.17. The molecule has 1 aliphatic rings. The van der Waals surface area contributed by atoms with E-state index in [-0.39, 0.29) is 6.10 Å². The minimum absolute atomic E-state index is 0.157. The number of ether oxygens (including phenoxy) is 1. The van der Waals surface area contributed by atoms with Gasteiger partial charge in [-0.2, -0.15) is 0 Å². The molecule has 0 aromatic rings. The smallest absolute Gasteiger partial charge is 0.108 e. The van der Waals surface area contributed by atoms with Crippen molar-refractivity contribution in [3.8, 4) is 0 Å². The van der Waals surface area contributed by atoms with Crippen LogP contribution in [0.5, 0.6) is 0 Å². The van der Waals surface area contributed by atoms with Crippen LogP contribution in [0.15, 0.2) is 0 Å². The van der Waals surface area contributed by atoms with Crippen LogP contribution in [0.4, 0.5) is 0 Å². The molecule has 0 spiro atoms. The maximum absolute atomic E-state index is 7.82. The summed E-state index contributed by atoms with van der Waals surface area (Å²) in [6, 6.07) is 0. The van der Waals surface area contributed by atoms with Gasteiger partial charge in [0, 0.05) is 6.61 Å². The van der Waals surface area contributed by atoms with E-state index in [2.05, 4.69) is 4.89 Å². The summed E-state index contributed by atoms with van der Waals surface area (Å²) in [7, 11) is 0. The predicted octanol–water partition coefficient (Wildman–Crippen LogP) is 0.265. The zero-order valence-corrected chi connectivity index (χ0v) is 3.96. The van der Waals surface area contributed by atoms with Crippen molar-refractivity contribution >= 4 is 0 Å².